The van der Waals surface area contributed by atoms with Gasteiger partial charge in [-0.1, -0.05) is 19.9 Å². The number of thiophene rings is 1. The largest absolute Gasteiger partial charge is 0.341 e. The predicted octanol–water partition coefficient (Wildman–Crippen LogP) is 2.83. The highest BCUT2D eigenvalue weighted by Crippen LogP contribution is 2.39. The molecular weight excluding hydrogens is 440 g/mol. The van der Waals surface area contributed by atoms with Crippen LogP contribution in [-0.2, 0) is 20.9 Å². The molecule has 9 heteroatoms. The van der Waals surface area contributed by atoms with Gasteiger partial charge in [-0.05, 0) is 55.4 Å². The van der Waals surface area contributed by atoms with E-state index >= 15 is 0 Å². The van der Waals surface area contributed by atoms with E-state index in [0.717, 1.165) is 11.3 Å². The average molecular weight is 475 g/mol. The van der Waals surface area contributed by atoms with Crippen molar-refractivity contribution in [2.24, 2.45) is 11.8 Å². The molecule has 8 nitrogen and oxygen atoms in total. The Bertz CT molecular complexity index is 910. The molecule has 3 fully saturated rings. The number of rotatable bonds is 6. The van der Waals surface area contributed by atoms with E-state index < -0.39 is 5.54 Å². The lowest BCUT2D eigenvalue weighted by molar-refractivity contribution is -0.144. The lowest BCUT2D eigenvalue weighted by Crippen LogP contribution is -2.58. The van der Waals surface area contributed by atoms with Gasteiger partial charge >= 0.3 is 6.03 Å². The van der Waals surface area contributed by atoms with E-state index in [-0.39, 0.29) is 41.6 Å². The van der Waals surface area contributed by atoms with E-state index in [1.165, 1.54) is 23.2 Å². The van der Waals surface area contributed by atoms with Gasteiger partial charge in [-0.25, -0.2) is 4.79 Å². The fraction of sp³-hybridized carbons (Fsp3) is 0.667. The molecule has 33 heavy (non-hydrogen) atoms. The van der Waals surface area contributed by atoms with Crippen molar-refractivity contribution in [3.05, 3.63) is 22.4 Å². The molecule has 1 aromatic rings. The number of hydrogen-bond donors (Lipinski definition) is 1. The van der Waals surface area contributed by atoms with Gasteiger partial charge in [0.05, 0.1) is 6.54 Å². The summed E-state index contributed by atoms with van der Waals surface area (Å²) in [5, 5.41) is 5.03. The van der Waals surface area contributed by atoms with Crippen molar-refractivity contribution in [1.82, 2.24) is 20.0 Å². The van der Waals surface area contributed by atoms with Crippen molar-refractivity contribution in [2.45, 2.75) is 71.0 Å². The summed E-state index contributed by atoms with van der Waals surface area (Å²) < 4.78 is 0. The predicted molar refractivity (Wildman–Crippen MR) is 125 cm³/mol. The Morgan fingerprint density at radius 3 is 2.52 bits per heavy atom. The molecule has 3 aliphatic rings. The van der Waals surface area contributed by atoms with Crippen molar-refractivity contribution in [3.63, 3.8) is 0 Å². The third kappa shape index (κ3) is 4.52. The van der Waals surface area contributed by atoms with E-state index in [1.807, 2.05) is 22.4 Å². The average Bonchev–Trinajstić information content (AvgIpc) is 3.51. The summed E-state index contributed by atoms with van der Waals surface area (Å²) in [5.74, 6) is 0.0271. The van der Waals surface area contributed by atoms with Crippen molar-refractivity contribution < 1.29 is 19.2 Å². The third-order valence-corrected chi connectivity index (χ3v) is 8.13. The zero-order valence-corrected chi connectivity index (χ0v) is 20.5. The van der Waals surface area contributed by atoms with Crippen LogP contribution in [0.25, 0.3) is 0 Å². The molecule has 0 unspecified atom stereocenters. The number of likely N-dealkylation sites (tertiary alicyclic amines) is 2. The number of amides is 5. The van der Waals surface area contributed by atoms with E-state index in [4.69, 9.17) is 0 Å². The number of piperidine rings is 1. The van der Waals surface area contributed by atoms with Crippen LogP contribution >= 0.6 is 11.3 Å². The molecule has 2 atom stereocenters. The van der Waals surface area contributed by atoms with Gasteiger partial charge in [0.1, 0.15) is 11.6 Å². The topological polar surface area (TPSA) is 90.0 Å². The van der Waals surface area contributed by atoms with Crippen LogP contribution in [0, 0.1) is 11.8 Å². The number of carbonyl (C=O) groups is 4. The molecule has 4 heterocycles. The summed E-state index contributed by atoms with van der Waals surface area (Å²) in [7, 11) is 0. The minimum Gasteiger partial charge on any atom is -0.341 e. The molecule has 4 rings (SSSR count). The van der Waals surface area contributed by atoms with Crippen LogP contribution in [0.5, 0.6) is 0 Å². The first-order valence-electron chi connectivity index (χ1n) is 12.0. The number of hydrogen-bond acceptors (Lipinski definition) is 5. The van der Waals surface area contributed by atoms with Crippen molar-refractivity contribution in [3.8, 4) is 0 Å². The molecule has 0 aromatic carbocycles. The second-order valence-electron chi connectivity index (χ2n) is 9.94. The fourth-order valence-corrected chi connectivity index (χ4v) is 6.47. The molecule has 3 saturated heterocycles. The van der Waals surface area contributed by atoms with Crippen LogP contribution in [0.3, 0.4) is 0 Å². The minimum absolute atomic E-state index is 0.0140. The highest BCUT2D eigenvalue weighted by Gasteiger charge is 2.56. The Labute approximate surface area is 199 Å². The second kappa shape index (κ2) is 9.44. The molecule has 3 aliphatic heterocycles. The van der Waals surface area contributed by atoms with Gasteiger partial charge in [0.2, 0.25) is 11.8 Å². The Balaban J connectivity index is 1.47. The van der Waals surface area contributed by atoms with Crippen LogP contribution in [0.15, 0.2) is 17.5 Å². The lowest BCUT2D eigenvalue weighted by Gasteiger charge is -2.42. The number of carbonyl (C=O) groups excluding carboxylic acids is 4. The molecule has 1 N–H and O–H groups in total. The van der Waals surface area contributed by atoms with E-state index in [0.29, 0.717) is 51.9 Å². The highest BCUT2D eigenvalue weighted by molar-refractivity contribution is 7.09. The highest BCUT2D eigenvalue weighted by atomic mass is 32.1. The number of imide groups is 1. The third-order valence-electron chi connectivity index (χ3n) is 7.27. The van der Waals surface area contributed by atoms with Gasteiger partial charge in [0.25, 0.3) is 5.91 Å². The van der Waals surface area contributed by atoms with Crippen LogP contribution in [0.4, 0.5) is 4.79 Å². The Kier molecular flexibility index (Phi) is 6.79. The van der Waals surface area contributed by atoms with E-state index in [1.54, 1.807) is 4.90 Å². The summed E-state index contributed by atoms with van der Waals surface area (Å²) in [6.07, 6.45) is 3.46. The van der Waals surface area contributed by atoms with Gasteiger partial charge in [-0.2, -0.15) is 0 Å². The van der Waals surface area contributed by atoms with Crippen molar-refractivity contribution in [2.75, 3.05) is 19.6 Å². The minimum atomic E-state index is -0.920. The quantitative estimate of drug-likeness (QED) is 0.642. The van der Waals surface area contributed by atoms with E-state index in [2.05, 4.69) is 19.2 Å². The number of urea groups is 1. The smallest absolute Gasteiger partial charge is 0.325 e. The standard InChI is InChI=1S/C24H34N4O4S/c1-16(2)14-24(22(31)28(23(32)25-24)15-19-6-5-13-33-19)18-8-11-26(12-9-18)21(30)20-7-4-10-27(20)17(3)29/h5-6,13,16,18,20H,4,7-12,14-15H2,1-3H3,(H,25,32)/t20-,24+/m0/s1. The maximum Gasteiger partial charge on any atom is 0.325 e. The van der Waals surface area contributed by atoms with Gasteiger partial charge in [-0.3, -0.25) is 19.3 Å². The monoisotopic (exact) mass is 474 g/mol. The molecule has 1 aromatic heterocycles. The lowest BCUT2D eigenvalue weighted by atomic mass is 9.73. The molecule has 0 saturated carbocycles. The van der Waals surface area contributed by atoms with Gasteiger partial charge < -0.3 is 15.1 Å². The zero-order valence-electron chi connectivity index (χ0n) is 19.7. The molecule has 0 aliphatic carbocycles. The first kappa shape index (κ1) is 23.7. The summed E-state index contributed by atoms with van der Waals surface area (Å²) >= 11 is 1.54. The van der Waals surface area contributed by atoms with Crippen molar-refractivity contribution in [1.29, 1.82) is 0 Å². The summed E-state index contributed by atoms with van der Waals surface area (Å²) in [6, 6.07) is 3.17. The Hall–Kier alpha value is -2.42. The van der Waals surface area contributed by atoms with E-state index in [9.17, 15) is 19.2 Å². The molecule has 0 radical (unpaired) electrons. The molecule has 5 amide bonds. The summed E-state index contributed by atoms with van der Waals surface area (Å²) in [6.45, 7) is 7.67. The van der Waals surface area contributed by atoms with Crippen LogP contribution in [0.1, 0.15) is 57.8 Å². The molecule has 180 valence electrons. The first-order valence-corrected chi connectivity index (χ1v) is 12.8. The Morgan fingerprint density at radius 2 is 1.91 bits per heavy atom. The number of nitrogens with zero attached hydrogens (tertiary/aromatic N) is 3. The molecule has 0 bridgehead atoms. The fourth-order valence-electron chi connectivity index (χ4n) is 5.78. The van der Waals surface area contributed by atoms with Gasteiger partial charge in [0, 0.05) is 31.4 Å². The van der Waals surface area contributed by atoms with Crippen molar-refractivity contribution >= 4 is 35.1 Å². The maximum absolute atomic E-state index is 13.7. The van der Waals surface area contributed by atoms with Gasteiger partial charge in [-0.15, -0.1) is 11.3 Å². The Morgan fingerprint density at radius 1 is 1.18 bits per heavy atom. The van der Waals surface area contributed by atoms with Crippen LogP contribution in [0.2, 0.25) is 0 Å². The number of nitrogens with one attached hydrogen (secondary N) is 1. The van der Waals surface area contributed by atoms with Crippen LogP contribution < -0.4 is 5.32 Å². The van der Waals surface area contributed by atoms with Gasteiger partial charge in [0.15, 0.2) is 0 Å². The maximum atomic E-state index is 13.7. The summed E-state index contributed by atoms with van der Waals surface area (Å²) in [4.78, 5) is 57.4. The molecular formula is C24H34N4O4S. The van der Waals surface area contributed by atoms with Crippen LogP contribution in [-0.4, -0.2) is 69.7 Å². The summed E-state index contributed by atoms with van der Waals surface area (Å²) in [5.41, 5.74) is -0.920. The second-order valence-corrected chi connectivity index (χ2v) is 11.0. The normalized spacial score (nSPS) is 26.4. The zero-order chi connectivity index (χ0) is 23.8. The SMILES string of the molecule is CC(=O)N1CCC[C@H]1C(=O)N1CCC([C@@]2(CC(C)C)NC(=O)N(Cc3cccs3)C2=O)CC1. The first-order chi connectivity index (χ1) is 15.7. The molecule has 0 spiro atoms.